The Labute approximate surface area is 174 Å². The molecule has 0 bridgehead atoms. The molecular formula is C22H33F7O. The van der Waals surface area contributed by atoms with Crippen molar-refractivity contribution >= 4 is 0 Å². The zero-order valence-corrected chi connectivity index (χ0v) is 17.4. The highest BCUT2D eigenvalue weighted by Gasteiger charge is 2.56. The minimum Gasteiger partial charge on any atom is -0.317 e. The van der Waals surface area contributed by atoms with Crippen LogP contribution >= 0.6 is 0 Å². The van der Waals surface area contributed by atoms with Crippen LogP contribution in [0.1, 0.15) is 71.1 Å². The average molecular weight is 446 g/mol. The van der Waals surface area contributed by atoms with E-state index >= 15 is 0 Å². The maximum atomic E-state index is 14.8. The third-order valence-corrected chi connectivity index (χ3v) is 7.47. The summed E-state index contributed by atoms with van der Waals surface area (Å²) in [4.78, 5) is 0. The number of hydrogen-bond donors (Lipinski definition) is 0. The second-order valence-corrected chi connectivity index (χ2v) is 9.61. The van der Waals surface area contributed by atoms with Crippen molar-refractivity contribution in [1.29, 1.82) is 0 Å². The first kappa shape index (κ1) is 24.1. The van der Waals surface area contributed by atoms with Crippen molar-refractivity contribution in [3.8, 4) is 0 Å². The van der Waals surface area contributed by atoms with Gasteiger partial charge in [-0.15, -0.1) is 0 Å². The van der Waals surface area contributed by atoms with Crippen LogP contribution in [0.25, 0.3) is 0 Å². The summed E-state index contributed by atoms with van der Waals surface area (Å²) in [5, 5.41) is 0. The van der Waals surface area contributed by atoms with Crippen LogP contribution in [0.5, 0.6) is 0 Å². The molecule has 0 heterocycles. The topological polar surface area (TPSA) is 9.23 Å². The van der Waals surface area contributed by atoms with Crippen LogP contribution in [0.2, 0.25) is 0 Å². The Morgan fingerprint density at radius 2 is 1.27 bits per heavy atom. The smallest absolute Gasteiger partial charge is 0.317 e. The predicted molar refractivity (Wildman–Crippen MR) is 100 cm³/mol. The lowest BCUT2D eigenvalue weighted by atomic mass is 9.67. The van der Waals surface area contributed by atoms with Crippen molar-refractivity contribution in [3.63, 3.8) is 0 Å². The van der Waals surface area contributed by atoms with Gasteiger partial charge >= 0.3 is 6.11 Å². The molecule has 0 radical (unpaired) electrons. The molecule has 3 aliphatic carbocycles. The van der Waals surface area contributed by atoms with Gasteiger partial charge in [0.25, 0.3) is 0 Å². The van der Waals surface area contributed by atoms with Crippen molar-refractivity contribution in [2.75, 3.05) is 0 Å². The lowest BCUT2D eigenvalue weighted by Crippen LogP contribution is -2.52. The van der Waals surface area contributed by atoms with Crippen molar-refractivity contribution in [1.82, 2.24) is 0 Å². The summed E-state index contributed by atoms with van der Waals surface area (Å²) in [5.41, 5.74) is 0. The Bertz CT molecular complexity index is 516. The molecule has 0 aromatic rings. The summed E-state index contributed by atoms with van der Waals surface area (Å²) in [5.74, 6) is -1.80. The minimum absolute atomic E-state index is 0.143. The third kappa shape index (κ3) is 5.44. The van der Waals surface area contributed by atoms with E-state index in [0.29, 0.717) is 5.92 Å². The predicted octanol–water partition coefficient (Wildman–Crippen LogP) is 7.08. The maximum absolute atomic E-state index is 14.8. The molecule has 3 saturated carbocycles. The summed E-state index contributed by atoms with van der Waals surface area (Å²) in [6.45, 7) is 2.13. The van der Waals surface area contributed by atoms with Crippen molar-refractivity contribution in [3.05, 3.63) is 0 Å². The first-order chi connectivity index (χ1) is 14.1. The van der Waals surface area contributed by atoms with Gasteiger partial charge in [-0.05, 0) is 43.4 Å². The fourth-order valence-electron chi connectivity index (χ4n) is 5.84. The summed E-state index contributed by atoms with van der Waals surface area (Å²) in [7, 11) is 0. The van der Waals surface area contributed by atoms with Crippen LogP contribution in [0, 0.1) is 23.7 Å². The molecule has 3 rings (SSSR count). The zero-order valence-electron chi connectivity index (χ0n) is 17.4. The second-order valence-electron chi connectivity index (χ2n) is 9.61. The molecule has 30 heavy (non-hydrogen) atoms. The van der Waals surface area contributed by atoms with Gasteiger partial charge in [-0.1, -0.05) is 32.6 Å². The quantitative estimate of drug-likeness (QED) is 0.396. The summed E-state index contributed by atoms with van der Waals surface area (Å²) in [6, 6.07) is 0. The Kier molecular flexibility index (Phi) is 8.00. The van der Waals surface area contributed by atoms with Gasteiger partial charge in [0.05, 0.1) is 6.10 Å². The van der Waals surface area contributed by atoms with E-state index in [1.165, 1.54) is 0 Å². The van der Waals surface area contributed by atoms with E-state index in [2.05, 4.69) is 11.7 Å². The van der Waals surface area contributed by atoms with Crippen LogP contribution < -0.4 is 0 Å². The van der Waals surface area contributed by atoms with Gasteiger partial charge in [0.2, 0.25) is 0 Å². The minimum atomic E-state index is -4.20. The van der Waals surface area contributed by atoms with Crippen LogP contribution in [0.15, 0.2) is 0 Å². The van der Waals surface area contributed by atoms with E-state index in [-0.39, 0.29) is 24.7 Å². The Morgan fingerprint density at radius 1 is 0.733 bits per heavy atom. The molecular weight excluding hydrogens is 413 g/mol. The van der Waals surface area contributed by atoms with E-state index in [4.69, 9.17) is 0 Å². The van der Waals surface area contributed by atoms with Gasteiger partial charge in [-0.25, -0.2) is 22.0 Å². The standard InChI is InChI=1S/C22H33F7O/c1-2-3-12-4-6-13(7-5-12)14-8-16(23)20(17(24)9-14)22(28,29)30-15-10-18(25)21(27)19(26)11-15/h12-21H,2-11H2,1H3. The SMILES string of the molecule is CCCC1CCC(C2CC(F)C(C(F)(F)OC3CC(F)C(F)C(F)C3)C(F)C2)CC1. The van der Waals surface area contributed by atoms with Gasteiger partial charge in [-0.3, -0.25) is 0 Å². The Hall–Kier alpha value is -0.530. The number of hydrogen-bond acceptors (Lipinski definition) is 1. The average Bonchev–Trinajstić information content (AvgIpc) is 2.65. The molecule has 4 atom stereocenters. The highest BCUT2D eigenvalue weighted by molar-refractivity contribution is 4.95. The first-order valence-corrected chi connectivity index (χ1v) is 11.4. The van der Waals surface area contributed by atoms with Gasteiger partial charge in [0.1, 0.15) is 30.6 Å². The molecule has 1 nitrogen and oxygen atoms in total. The number of rotatable bonds is 6. The largest absolute Gasteiger partial charge is 0.364 e. The fourth-order valence-corrected chi connectivity index (χ4v) is 5.84. The van der Waals surface area contributed by atoms with Crippen LogP contribution in [-0.2, 0) is 4.74 Å². The number of halogens is 7. The molecule has 0 aromatic carbocycles. The maximum Gasteiger partial charge on any atom is 0.364 e. The van der Waals surface area contributed by atoms with Gasteiger partial charge in [-0.2, -0.15) is 8.78 Å². The van der Waals surface area contributed by atoms with E-state index < -0.39 is 61.8 Å². The third-order valence-electron chi connectivity index (χ3n) is 7.47. The van der Waals surface area contributed by atoms with Crippen LogP contribution in [-0.4, -0.2) is 43.1 Å². The molecule has 8 heteroatoms. The summed E-state index contributed by atoms with van der Waals surface area (Å²) >= 11 is 0. The highest BCUT2D eigenvalue weighted by atomic mass is 19.3. The summed E-state index contributed by atoms with van der Waals surface area (Å²) in [6.07, 6.45) is -12.7. The van der Waals surface area contributed by atoms with Crippen molar-refractivity contribution in [2.24, 2.45) is 23.7 Å². The first-order valence-electron chi connectivity index (χ1n) is 11.4. The van der Waals surface area contributed by atoms with E-state index in [1.807, 2.05) is 0 Å². The molecule has 176 valence electrons. The van der Waals surface area contributed by atoms with Crippen LogP contribution in [0.3, 0.4) is 0 Å². The molecule has 4 unspecified atom stereocenters. The van der Waals surface area contributed by atoms with E-state index in [9.17, 15) is 30.7 Å². The molecule has 0 amide bonds. The lowest BCUT2D eigenvalue weighted by Gasteiger charge is -2.43. The Morgan fingerprint density at radius 3 is 1.77 bits per heavy atom. The Balaban J connectivity index is 1.57. The molecule has 0 aliphatic heterocycles. The van der Waals surface area contributed by atoms with E-state index in [1.54, 1.807) is 0 Å². The van der Waals surface area contributed by atoms with E-state index in [0.717, 1.165) is 38.5 Å². The molecule has 0 saturated heterocycles. The highest BCUT2D eigenvalue weighted by Crippen LogP contribution is 2.49. The summed E-state index contributed by atoms with van der Waals surface area (Å²) < 4.78 is 103. The molecule has 0 N–H and O–H groups in total. The molecule has 3 fully saturated rings. The monoisotopic (exact) mass is 446 g/mol. The normalized spacial score (nSPS) is 46.0. The molecule has 0 spiro atoms. The lowest BCUT2D eigenvalue weighted by molar-refractivity contribution is -0.323. The molecule has 3 aliphatic rings. The molecule has 0 aromatic heterocycles. The van der Waals surface area contributed by atoms with Crippen molar-refractivity contribution < 1.29 is 35.5 Å². The van der Waals surface area contributed by atoms with Gasteiger partial charge in [0, 0.05) is 12.8 Å². The fraction of sp³-hybridized carbons (Fsp3) is 1.00. The van der Waals surface area contributed by atoms with Gasteiger partial charge < -0.3 is 4.74 Å². The van der Waals surface area contributed by atoms with Gasteiger partial charge in [0.15, 0.2) is 6.17 Å². The number of ether oxygens (including phenoxy) is 1. The van der Waals surface area contributed by atoms with Crippen LogP contribution in [0.4, 0.5) is 30.7 Å². The zero-order chi connectivity index (χ0) is 22.1. The van der Waals surface area contributed by atoms with Crippen molar-refractivity contribution in [2.45, 2.75) is 114 Å². The number of alkyl halides is 7. The second kappa shape index (κ2) is 9.95.